The lowest BCUT2D eigenvalue weighted by Gasteiger charge is -2.29. The van der Waals surface area contributed by atoms with Crippen molar-refractivity contribution in [3.63, 3.8) is 0 Å². The van der Waals surface area contributed by atoms with Gasteiger partial charge in [-0.15, -0.1) is 0 Å². The van der Waals surface area contributed by atoms with Crippen LogP contribution in [0.15, 0.2) is 23.1 Å². The van der Waals surface area contributed by atoms with E-state index in [1.54, 1.807) is 6.07 Å². The fraction of sp³-hybridized carbons (Fsp3) is 0.538. The average Bonchev–Trinajstić information content (AvgIpc) is 2.43. The lowest BCUT2D eigenvalue weighted by atomic mass is 9.85. The van der Waals surface area contributed by atoms with Crippen molar-refractivity contribution < 1.29 is 8.42 Å². The molecule has 0 amide bonds. The number of halogens is 3. The first-order valence-corrected chi connectivity index (χ1v) is 9.67. The maximum absolute atomic E-state index is 12.3. The molecule has 0 radical (unpaired) electrons. The third-order valence-corrected chi connectivity index (χ3v) is 6.91. The van der Waals surface area contributed by atoms with Crippen LogP contribution in [0.1, 0.15) is 26.7 Å². The van der Waals surface area contributed by atoms with Crippen LogP contribution < -0.4 is 4.72 Å². The molecule has 1 N–H and O–H groups in total. The molecule has 7 heteroatoms. The summed E-state index contributed by atoms with van der Waals surface area (Å²) < 4.78 is 27.3. The zero-order chi connectivity index (χ0) is 15.4. The van der Waals surface area contributed by atoms with Crippen molar-refractivity contribution in [1.82, 2.24) is 4.72 Å². The summed E-state index contributed by atoms with van der Waals surface area (Å²) in [4.78, 5) is 0.0161. The molecule has 114 valence electrons. The standard InChI is InChI=1S/C13H18BrCl2NO2S/c1-3-13(4-2,8-14)9-17-20(18,19)12-7-10(15)5-6-11(12)16/h5-7,17H,3-4,8-9H2,1-2H3. The molecule has 0 saturated heterocycles. The molecule has 0 aliphatic rings. The Balaban J connectivity index is 2.98. The smallest absolute Gasteiger partial charge is 0.211 e. The first-order valence-electron chi connectivity index (χ1n) is 6.31. The Bertz CT molecular complexity index is 551. The van der Waals surface area contributed by atoms with E-state index in [1.165, 1.54) is 12.1 Å². The van der Waals surface area contributed by atoms with Gasteiger partial charge in [0.05, 0.1) is 5.02 Å². The van der Waals surface area contributed by atoms with Crippen molar-refractivity contribution in [3.05, 3.63) is 28.2 Å². The molecule has 1 rings (SSSR count). The fourth-order valence-corrected chi connectivity index (χ4v) is 4.65. The minimum absolute atomic E-state index is 0.0161. The molecule has 0 unspecified atom stereocenters. The number of nitrogens with one attached hydrogen (secondary N) is 1. The molecule has 0 atom stereocenters. The highest BCUT2D eigenvalue weighted by Gasteiger charge is 2.28. The summed E-state index contributed by atoms with van der Waals surface area (Å²) in [5.74, 6) is 0. The second kappa shape index (κ2) is 7.45. The third-order valence-electron chi connectivity index (χ3n) is 3.60. The summed E-state index contributed by atoms with van der Waals surface area (Å²) in [5, 5.41) is 1.24. The number of rotatable bonds is 7. The Kier molecular flexibility index (Phi) is 6.80. The Morgan fingerprint density at radius 1 is 1.25 bits per heavy atom. The first kappa shape index (κ1) is 18.2. The van der Waals surface area contributed by atoms with E-state index in [1.807, 2.05) is 13.8 Å². The van der Waals surface area contributed by atoms with E-state index in [-0.39, 0.29) is 15.3 Å². The van der Waals surface area contributed by atoms with E-state index in [0.717, 1.165) is 18.2 Å². The van der Waals surface area contributed by atoms with Crippen LogP contribution in [-0.4, -0.2) is 20.3 Å². The van der Waals surface area contributed by atoms with E-state index in [9.17, 15) is 8.42 Å². The highest BCUT2D eigenvalue weighted by molar-refractivity contribution is 9.09. The van der Waals surface area contributed by atoms with Crippen molar-refractivity contribution in [2.45, 2.75) is 31.6 Å². The van der Waals surface area contributed by atoms with Crippen LogP contribution >= 0.6 is 39.1 Å². The Morgan fingerprint density at radius 2 is 1.85 bits per heavy atom. The second-order valence-corrected chi connectivity index (χ2v) is 7.88. The zero-order valence-corrected chi connectivity index (χ0v) is 15.3. The van der Waals surface area contributed by atoms with Crippen molar-refractivity contribution >= 4 is 49.2 Å². The molecule has 0 aromatic heterocycles. The lowest BCUT2D eigenvalue weighted by Crippen LogP contribution is -2.38. The van der Waals surface area contributed by atoms with Gasteiger partial charge in [0.25, 0.3) is 0 Å². The van der Waals surface area contributed by atoms with E-state index in [2.05, 4.69) is 20.7 Å². The SMILES string of the molecule is CCC(CC)(CBr)CNS(=O)(=O)c1cc(Cl)ccc1Cl. The van der Waals surface area contributed by atoms with Crippen LogP contribution in [-0.2, 0) is 10.0 Å². The molecular weight excluding hydrogens is 385 g/mol. The highest BCUT2D eigenvalue weighted by atomic mass is 79.9. The van der Waals surface area contributed by atoms with Crippen LogP contribution in [0.25, 0.3) is 0 Å². The van der Waals surface area contributed by atoms with Crippen molar-refractivity contribution in [2.75, 3.05) is 11.9 Å². The van der Waals surface area contributed by atoms with E-state index in [4.69, 9.17) is 23.2 Å². The van der Waals surface area contributed by atoms with Crippen LogP contribution in [0.2, 0.25) is 10.0 Å². The minimum Gasteiger partial charge on any atom is -0.211 e. The number of benzene rings is 1. The van der Waals surface area contributed by atoms with Gasteiger partial charge in [0.2, 0.25) is 10.0 Å². The van der Waals surface area contributed by atoms with Crippen molar-refractivity contribution in [1.29, 1.82) is 0 Å². The highest BCUT2D eigenvalue weighted by Crippen LogP contribution is 2.29. The summed E-state index contributed by atoms with van der Waals surface area (Å²) >= 11 is 15.2. The van der Waals surface area contributed by atoms with Gasteiger partial charge in [0, 0.05) is 16.9 Å². The maximum Gasteiger partial charge on any atom is 0.242 e. The zero-order valence-electron chi connectivity index (χ0n) is 11.4. The van der Waals surface area contributed by atoms with Gasteiger partial charge in [-0.3, -0.25) is 0 Å². The van der Waals surface area contributed by atoms with Gasteiger partial charge < -0.3 is 0 Å². The normalized spacial score (nSPS) is 12.7. The predicted molar refractivity (Wildman–Crippen MR) is 88.5 cm³/mol. The summed E-state index contributed by atoms with van der Waals surface area (Å²) in [6, 6.07) is 4.40. The number of alkyl halides is 1. The van der Waals surface area contributed by atoms with Gasteiger partial charge in [0.1, 0.15) is 4.90 Å². The number of hydrogen-bond donors (Lipinski definition) is 1. The van der Waals surface area contributed by atoms with Gasteiger partial charge in [-0.1, -0.05) is 53.0 Å². The molecule has 0 saturated carbocycles. The molecule has 0 aliphatic carbocycles. The van der Waals surface area contributed by atoms with Crippen LogP contribution in [0.4, 0.5) is 0 Å². The van der Waals surface area contributed by atoms with E-state index < -0.39 is 10.0 Å². The molecule has 20 heavy (non-hydrogen) atoms. The van der Waals surface area contributed by atoms with Gasteiger partial charge in [-0.25, -0.2) is 13.1 Å². The molecule has 0 spiro atoms. The van der Waals surface area contributed by atoms with Crippen LogP contribution in [0.5, 0.6) is 0 Å². The summed E-state index contributed by atoms with van der Waals surface area (Å²) in [6.45, 7) is 4.45. The predicted octanol–water partition coefficient (Wildman–Crippen LogP) is 4.47. The molecule has 1 aromatic carbocycles. The van der Waals surface area contributed by atoms with E-state index in [0.29, 0.717) is 11.6 Å². The lowest BCUT2D eigenvalue weighted by molar-refractivity contribution is 0.309. The van der Waals surface area contributed by atoms with Crippen LogP contribution in [0, 0.1) is 5.41 Å². The monoisotopic (exact) mass is 401 g/mol. The largest absolute Gasteiger partial charge is 0.242 e. The van der Waals surface area contributed by atoms with E-state index >= 15 is 0 Å². The third kappa shape index (κ3) is 4.34. The average molecular weight is 403 g/mol. The summed E-state index contributed by atoms with van der Waals surface area (Å²) in [7, 11) is -3.66. The Hall–Kier alpha value is 0.190. The summed E-state index contributed by atoms with van der Waals surface area (Å²) in [5.41, 5.74) is -0.0991. The second-order valence-electron chi connectivity index (χ2n) is 4.74. The minimum atomic E-state index is -3.66. The van der Waals surface area contributed by atoms with Gasteiger partial charge in [-0.2, -0.15) is 0 Å². The first-order chi connectivity index (χ1) is 9.30. The van der Waals surface area contributed by atoms with Gasteiger partial charge in [0.15, 0.2) is 0 Å². The van der Waals surface area contributed by atoms with Crippen LogP contribution in [0.3, 0.4) is 0 Å². The van der Waals surface area contributed by atoms with Gasteiger partial charge in [-0.05, 0) is 36.5 Å². The molecule has 1 aromatic rings. The Morgan fingerprint density at radius 3 is 2.35 bits per heavy atom. The van der Waals surface area contributed by atoms with Crippen molar-refractivity contribution in [2.24, 2.45) is 5.41 Å². The molecule has 0 fully saturated rings. The topological polar surface area (TPSA) is 46.2 Å². The number of hydrogen-bond acceptors (Lipinski definition) is 2. The molecule has 0 aliphatic heterocycles. The number of sulfonamides is 1. The molecule has 0 heterocycles. The molecule has 0 bridgehead atoms. The summed E-state index contributed by atoms with van der Waals surface area (Å²) in [6.07, 6.45) is 1.75. The van der Waals surface area contributed by atoms with Crippen molar-refractivity contribution in [3.8, 4) is 0 Å². The quantitative estimate of drug-likeness (QED) is 0.683. The molecule has 3 nitrogen and oxygen atoms in total. The Labute approximate surface area is 139 Å². The molecular formula is C13H18BrCl2NO2S. The fourth-order valence-electron chi connectivity index (χ4n) is 1.75. The maximum atomic E-state index is 12.3. The van der Waals surface area contributed by atoms with Gasteiger partial charge >= 0.3 is 0 Å².